The highest BCUT2D eigenvalue weighted by molar-refractivity contribution is 5.41. The summed E-state index contributed by atoms with van der Waals surface area (Å²) in [5, 5.41) is 0. The number of benzene rings is 2. The molecule has 2 N–H and O–H groups in total. The molecule has 0 saturated heterocycles. The number of halogens is 1. The van der Waals surface area contributed by atoms with Crippen LogP contribution < -0.4 is 10.5 Å². The first kappa shape index (κ1) is 15.5. The van der Waals surface area contributed by atoms with Gasteiger partial charge in [0, 0.05) is 6.04 Å². The molecule has 0 heterocycles. The van der Waals surface area contributed by atoms with Crippen LogP contribution in [0.3, 0.4) is 0 Å². The number of aryl methyl sites for hydroxylation is 2. The molecule has 0 amide bonds. The molecule has 0 aromatic heterocycles. The molecule has 0 spiro atoms. The van der Waals surface area contributed by atoms with Crippen LogP contribution in [0.25, 0.3) is 0 Å². The Morgan fingerprint density at radius 2 is 1.86 bits per heavy atom. The van der Waals surface area contributed by atoms with E-state index in [1.165, 1.54) is 6.07 Å². The van der Waals surface area contributed by atoms with Gasteiger partial charge < -0.3 is 10.5 Å². The van der Waals surface area contributed by atoms with E-state index in [1.54, 1.807) is 19.1 Å². The zero-order chi connectivity index (χ0) is 15.4. The number of ether oxygens (including phenoxy) is 1. The Morgan fingerprint density at radius 1 is 1.10 bits per heavy atom. The summed E-state index contributed by atoms with van der Waals surface area (Å²) < 4.78 is 19.2. The van der Waals surface area contributed by atoms with E-state index in [4.69, 9.17) is 10.5 Å². The highest BCUT2D eigenvalue weighted by Gasteiger charge is 2.07. The Kier molecular flexibility index (Phi) is 4.97. The molecule has 1 unspecified atom stereocenters. The standard InChI is InChI=1S/C18H22FNO/c1-4-15(20)10-14-6-5-12(2)18(11-14)21-16-7-8-17(19)13(3)9-16/h5-9,11,15H,4,10,20H2,1-3H3. The Labute approximate surface area is 125 Å². The normalized spacial score (nSPS) is 12.2. The van der Waals surface area contributed by atoms with Crippen LogP contribution in [-0.2, 0) is 6.42 Å². The molecule has 2 nitrogen and oxygen atoms in total. The van der Waals surface area contributed by atoms with Gasteiger partial charge in [0.25, 0.3) is 0 Å². The molecule has 0 fully saturated rings. The molecule has 0 radical (unpaired) electrons. The van der Waals surface area contributed by atoms with Crippen molar-refractivity contribution in [3.05, 3.63) is 58.9 Å². The summed E-state index contributed by atoms with van der Waals surface area (Å²) in [5.74, 6) is 1.22. The van der Waals surface area contributed by atoms with E-state index in [-0.39, 0.29) is 11.9 Å². The molecule has 3 heteroatoms. The number of nitrogens with two attached hydrogens (primary N) is 1. The lowest BCUT2D eigenvalue weighted by molar-refractivity contribution is 0.475. The monoisotopic (exact) mass is 287 g/mol. The van der Waals surface area contributed by atoms with Crippen molar-refractivity contribution in [1.82, 2.24) is 0 Å². The van der Waals surface area contributed by atoms with Crippen molar-refractivity contribution < 1.29 is 9.13 Å². The summed E-state index contributed by atoms with van der Waals surface area (Å²) >= 11 is 0. The summed E-state index contributed by atoms with van der Waals surface area (Å²) in [5.41, 5.74) is 8.78. The van der Waals surface area contributed by atoms with Crippen molar-refractivity contribution in [1.29, 1.82) is 0 Å². The van der Waals surface area contributed by atoms with Crippen LogP contribution in [0, 0.1) is 19.7 Å². The van der Waals surface area contributed by atoms with E-state index in [0.717, 1.165) is 29.7 Å². The maximum atomic E-state index is 13.3. The third kappa shape index (κ3) is 4.05. The van der Waals surface area contributed by atoms with Crippen molar-refractivity contribution in [3.63, 3.8) is 0 Å². The minimum atomic E-state index is -0.221. The Balaban J connectivity index is 2.22. The fraction of sp³-hybridized carbons (Fsp3) is 0.333. The van der Waals surface area contributed by atoms with E-state index in [2.05, 4.69) is 13.0 Å². The molecular formula is C18H22FNO. The summed E-state index contributed by atoms with van der Waals surface area (Å²) in [6.45, 7) is 5.80. The van der Waals surface area contributed by atoms with Crippen LogP contribution in [0.4, 0.5) is 4.39 Å². The third-order valence-electron chi connectivity index (χ3n) is 3.63. The van der Waals surface area contributed by atoms with E-state index in [9.17, 15) is 4.39 Å². The van der Waals surface area contributed by atoms with Gasteiger partial charge in [0.1, 0.15) is 17.3 Å². The first-order chi connectivity index (χ1) is 9.99. The number of hydrogen-bond acceptors (Lipinski definition) is 2. The van der Waals surface area contributed by atoms with Gasteiger partial charge in [-0.1, -0.05) is 19.1 Å². The molecule has 2 aromatic carbocycles. The second-order valence-corrected chi connectivity index (χ2v) is 5.49. The van der Waals surface area contributed by atoms with E-state index in [0.29, 0.717) is 11.3 Å². The highest BCUT2D eigenvalue weighted by atomic mass is 19.1. The molecule has 0 aliphatic heterocycles. The van der Waals surface area contributed by atoms with Gasteiger partial charge in [0.2, 0.25) is 0 Å². The van der Waals surface area contributed by atoms with Gasteiger partial charge in [-0.25, -0.2) is 4.39 Å². The van der Waals surface area contributed by atoms with Crippen molar-refractivity contribution in [3.8, 4) is 11.5 Å². The van der Waals surface area contributed by atoms with Crippen molar-refractivity contribution in [2.75, 3.05) is 0 Å². The van der Waals surface area contributed by atoms with Crippen LogP contribution in [0.15, 0.2) is 36.4 Å². The highest BCUT2D eigenvalue weighted by Crippen LogP contribution is 2.27. The lowest BCUT2D eigenvalue weighted by atomic mass is 10.0. The topological polar surface area (TPSA) is 35.2 Å². The third-order valence-corrected chi connectivity index (χ3v) is 3.63. The minimum absolute atomic E-state index is 0.161. The lowest BCUT2D eigenvalue weighted by Crippen LogP contribution is -2.21. The molecular weight excluding hydrogens is 265 g/mol. The average molecular weight is 287 g/mol. The minimum Gasteiger partial charge on any atom is -0.457 e. The van der Waals surface area contributed by atoms with Gasteiger partial charge in [-0.3, -0.25) is 0 Å². The van der Waals surface area contributed by atoms with Crippen LogP contribution in [0.5, 0.6) is 11.5 Å². The van der Waals surface area contributed by atoms with Crippen LogP contribution >= 0.6 is 0 Å². The van der Waals surface area contributed by atoms with Gasteiger partial charge in [-0.05, 0) is 67.6 Å². The second kappa shape index (κ2) is 6.72. The molecule has 2 rings (SSSR count). The number of hydrogen-bond donors (Lipinski definition) is 1. The summed E-state index contributed by atoms with van der Waals surface area (Å²) in [4.78, 5) is 0. The van der Waals surface area contributed by atoms with Crippen LogP contribution in [-0.4, -0.2) is 6.04 Å². The van der Waals surface area contributed by atoms with Gasteiger partial charge in [-0.2, -0.15) is 0 Å². The zero-order valence-electron chi connectivity index (χ0n) is 12.8. The van der Waals surface area contributed by atoms with E-state index < -0.39 is 0 Å². The van der Waals surface area contributed by atoms with Crippen molar-refractivity contribution in [2.45, 2.75) is 39.7 Å². The smallest absolute Gasteiger partial charge is 0.130 e. The van der Waals surface area contributed by atoms with Gasteiger partial charge >= 0.3 is 0 Å². The molecule has 112 valence electrons. The van der Waals surface area contributed by atoms with Gasteiger partial charge in [-0.15, -0.1) is 0 Å². The Hall–Kier alpha value is -1.87. The molecule has 1 atom stereocenters. The molecule has 21 heavy (non-hydrogen) atoms. The number of rotatable bonds is 5. The predicted molar refractivity (Wildman–Crippen MR) is 84.4 cm³/mol. The van der Waals surface area contributed by atoms with Gasteiger partial charge in [0.05, 0.1) is 0 Å². The Bertz CT molecular complexity index is 625. The maximum Gasteiger partial charge on any atom is 0.130 e. The SMILES string of the molecule is CCC(N)Cc1ccc(C)c(Oc2ccc(F)c(C)c2)c1. The zero-order valence-corrected chi connectivity index (χ0v) is 12.8. The largest absolute Gasteiger partial charge is 0.457 e. The van der Waals surface area contributed by atoms with Crippen LogP contribution in [0.1, 0.15) is 30.0 Å². The molecule has 0 aliphatic rings. The average Bonchev–Trinajstić information content (AvgIpc) is 2.46. The predicted octanol–water partition coefficient (Wildman–Crippen LogP) is 4.51. The molecule has 0 saturated carbocycles. The summed E-state index contributed by atoms with van der Waals surface area (Å²) in [7, 11) is 0. The summed E-state index contributed by atoms with van der Waals surface area (Å²) in [6.07, 6.45) is 1.77. The first-order valence-electron chi connectivity index (χ1n) is 7.28. The molecule has 2 aromatic rings. The van der Waals surface area contributed by atoms with Crippen molar-refractivity contribution in [2.24, 2.45) is 5.73 Å². The lowest BCUT2D eigenvalue weighted by Gasteiger charge is -2.13. The second-order valence-electron chi connectivity index (χ2n) is 5.49. The first-order valence-corrected chi connectivity index (χ1v) is 7.28. The molecule has 0 aliphatic carbocycles. The van der Waals surface area contributed by atoms with E-state index in [1.807, 2.05) is 19.1 Å². The van der Waals surface area contributed by atoms with Crippen molar-refractivity contribution >= 4 is 0 Å². The quantitative estimate of drug-likeness (QED) is 0.877. The maximum absolute atomic E-state index is 13.3. The fourth-order valence-electron chi connectivity index (χ4n) is 2.14. The van der Waals surface area contributed by atoms with Gasteiger partial charge in [0.15, 0.2) is 0 Å². The molecule has 0 bridgehead atoms. The van der Waals surface area contributed by atoms with Crippen LogP contribution in [0.2, 0.25) is 0 Å². The van der Waals surface area contributed by atoms with E-state index >= 15 is 0 Å². The Morgan fingerprint density at radius 3 is 2.52 bits per heavy atom. The fourth-order valence-corrected chi connectivity index (χ4v) is 2.14. The summed E-state index contributed by atoms with van der Waals surface area (Å²) in [6, 6.07) is 11.1.